The van der Waals surface area contributed by atoms with Crippen molar-refractivity contribution in [2.24, 2.45) is 11.8 Å². The third kappa shape index (κ3) is 6.08. The van der Waals surface area contributed by atoms with Crippen molar-refractivity contribution in [3.05, 3.63) is 0 Å². The van der Waals surface area contributed by atoms with Crippen molar-refractivity contribution in [3.8, 4) is 0 Å². The maximum atomic E-state index is 12.2. The molecule has 120 valence electrons. The van der Waals surface area contributed by atoms with E-state index in [9.17, 15) is 8.42 Å². The number of aliphatic hydroxyl groups excluding tert-OH is 1. The van der Waals surface area contributed by atoms with Crippen molar-refractivity contribution in [2.45, 2.75) is 58.9 Å². The maximum Gasteiger partial charge on any atom is 0.279 e. The van der Waals surface area contributed by atoms with Gasteiger partial charge in [-0.25, -0.2) is 0 Å². The summed E-state index contributed by atoms with van der Waals surface area (Å²) in [5, 5.41) is 9.08. The van der Waals surface area contributed by atoms with Crippen LogP contribution < -0.4 is 4.72 Å². The zero-order chi connectivity index (χ0) is 15.2. The van der Waals surface area contributed by atoms with Gasteiger partial charge in [0.1, 0.15) is 0 Å². The van der Waals surface area contributed by atoms with Crippen LogP contribution in [0, 0.1) is 11.8 Å². The third-order valence-electron chi connectivity index (χ3n) is 3.94. The number of aliphatic hydroxyl groups is 1. The monoisotopic (exact) mass is 306 g/mol. The quantitative estimate of drug-likeness (QED) is 0.717. The Labute approximate surface area is 123 Å². The Morgan fingerprint density at radius 2 is 1.80 bits per heavy atom. The van der Waals surface area contributed by atoms with Crippen LogP contribution in [0.1, 0.15) is 52.9 Å². The summed E-state index contributed by atoms with van der Waals surface area (Å²) >= 11 is 0. The molecule has 0 aliphatic carbocycles. The Morgan fingerprint density at radius 1 is 1.20 bits per heavy atom. The summed E-state index contributed by atoms with van der Waals surface area (Å²) < 4.78 is 28.8. The number of hydrogen-bond acceptors (Lipinski definition) is 3. The average Bonchev–Trinajstić information content (AvgIpc) is 2.37. The molecular weight excluding hydrogens is 276 g/mol. The van der Waals surface area contributed by atoms with Gasteiger partial charge in [0.2, 0.25) is 0 Å². The Hall–Kier alpha value is -0.170. The summed E-state index contributed by atoms with van der Waals surface area (Å²) in [4.78, 5) is 0. The van der Waals surface area contributed by atoms with Crippen molar-refractivity contribution in [3.63, 3.8) is 0 Å². The van der Waals surface area contributed by atoms with Gasteiger partial charge in [-0.15, -0.1) is 0 Å². The Kier molecular flexibility index (Phi) is 7.43. The fourth-order valence-corrected chi connectivity index (χ4v) is 4.02. The minimum atomic E-state index is -3.36. The number of nitrogens with one attached hydrogen (secondary N) is 1. The van der Waals surface area contributed by atoms with Gasteiger partial charge in [-0.1, -0.05) is 26.7 Å². The van der Waals surface area contributed by atoms with E-state index in [-0.39, 0.29) is 18.6 Å². The van der Waals surface area contributed by atoms with E-state index in [1.807, 2.05) is 6.92 Å². The van der Waals surface area contributed by atoms with E-state index in [2.05, 4.69) is 18.6 Å². The molecule has 0 aromatic rings. The van der Waals surface area contributed by atoms with Gasteiger partial charge in [-0.3, -0.25) is 0 Å². The van der Waals surface area contributed by atoms with Crippen molar-refractivity contribution in [1.82, 2.24) is 9.03 Å². The van der Waals surface area contributed by atoms with E-state index >= 15 is 0 Å². The van der Waals surface area contributed by atoms with Crippen LogP contribution in [0.4, 0.5) is 0 Å². The van der Waals surface area contributed by atoms with Crippen LogP contribution in [0.15, 0.2) is 0 Å². The molecule has 0 amide bonds. The van der Waals surface area contributed by atoms with Crippen molar-refractivity contribution < 1.29 is 13.5 Å². The normalized spacial score (nSPS) is 20.4. The van der Waals surface area contributed by atoms with Crippen molar-refractivity contribution >= 4 is 10.2 Å². The molecule has 1 atom stereocenters. The molecule has 0 radical (unpaired) electrons. The number of rotatable bonds is 8. The lowest BCUT2D eigenvalue weighted by Crippen LogP contribution is -2.47. The van der Waals surface area contributed by atoms with Crippen molar-refractivity contribution in [1.29, 1.82) is 0 Å². The van der Waals surface area contributed by atoms with Crippen molar-refractivity contribution in [2.75, 3.05) is 19.7 Å². The zero-order valence-corrected chi connectivity index (χ0v) is 13.8. The Morgan fingerprint density at radius 3 is 2.30 bits per heavy atom. The summed E-state index contributed by atoms with van der Waals surface area (Å²) in [5.41, 5.74) is 0. The molecule has 5 nitrogen and oxygen atoms in total. The highest BCUT2D eigenvalue weighted by molar-refractivity contribution is 7.87. The first-order valence-corrected chi connectivity index (χ1v) is 9.17. The lowest BCUT2D eigenvalue weighted by molar-refractivity contribution is 0.169. The van der Waals surface area contributed by atoms with E-state index < -0.39 is 10.2 Å². The van der Waals surface area contributed by atoms with Crippen LogP contribution in [0.3, 0.4) is 0 Å². The lowest BCUT2D eigenvalue weighted by atomic mass is 10.00. The largest absolute Gasteiger partial charge is 0.396 e. The van der Waals surface area contributed by atoms with Gasteiger partial charge in [0.15, 0.2) is 0 Å². The zero-order valence-electron chi connectivity index (χ0n) is 13.0. The fourth-order valence-electron chi connectivity index (χ4n) is 2.55. The molecule has 6 heteroatoms. The second-order valence-electron chi connectivity index (χ2n) is 6.37. The topological polar surface area (TPSA) is 69.6 Å². The first-order valence-electron chi connectivity index (χ1n) is 7.73. The van der Waals surface area contributed by atoms with Crippen LogP contribution in [0.2, 0.25) is 0 Å². The summed E-state index contributed by atoms with van der Waals surface area (Å²) in [6, 6.07) is -0.0192. The van der Waals surface area contributed by atoms with E-state index in [1.54, 1.807) is 0 Å². The summed E-state index contributed by atoms with van der Waals surface area (Å²) in [6.07, 6.45) is 4.56. The molecular formula is C14H30N2O3S. The minimum Gasteiger partial charge on any atom is -0.396 e. The second-order valence-corrected chi connectivity index (χ2v) is 8.08. The molecule has 2 N–H and O–H groups in total. The predicted molar refractivity (Wildman–Crippen MR) is 81.6 cm³/mol. The summed E-state index contributed by atoms with van der Waals surface area (Å²) in [5.74, 6) is 0.918. The highest BCUT2D eigenvalue weighted by Gasteiger charge is 2.28. The van der Waals surface area contributed by atoms with Gasteiger partial charge in [0.25, 0.3) is 10.2 Å². The minimum absolute atomic E-state index is 0.0192. The molecule has 0 saturated carbocycles. The van der Waals surface area contributed by atoms with Crippen LogP contribution in [0.25, 0.3) is 0 Å². The van der Waals surface area contributed by atoms with E-state index in [1.165, 1.54) is 4.31 Å². The molecule has 1 rings (SSSR count). The van der Waals surface area contributed by atoms with Gasteiger partial charge < -0.3 is 5.11 Å². The van der Waals surface area contributed by atoms with Crippen LogP contribution in [-0.4, -0.2) is 43.6 Å². The lowest BCUT2D eigenvalue weighted by Gasteiger charge is -2.31. The van der Waals surface area contributed by atoms with Gasteiger partial charge in [-0.05, 0) is 38.0 Å². The molecule has 0 aromatic heterocycles. The Balaban J connectivity index is 2.37. The molecule has 1 unspecified atom stereocenters. The maximum absolute atomic E-state index is 12.2. The SMILES string of the molecule is CC(C)CCCC(C)NS(=O)(=O)N1CCC(CO)CC1. The van der Waals surface area contributed by atoms with Crippen LogP contribution >= 0.6 is 0 Å². The molecule has 1 heterocycles. The second kappa shape index (κ2) is 8.32. The average molecular weight is 306 g/mol. The standard InChI is InChI=1S/C14H30N2O3S/c1-12(2)5-4-6-13(3)15-20(18,19)16-9-7-14(11-17)8-10-16/h12-15,17H,4-11H2,1-3H3. The first kappa shape index (κ1) is 17.9. The highest BCUT2D eigenvalue weighted by atomic mass is 32.2. The molecule has 1 fully saturated rings. The van der Waals surface area contributed by atoms with Gasteiger partial charge >= 0.3 is 0 Å². The van der Waals surface area contributed by atoms with E-state index in [0.717, 1.165) is 32.1 Å². The van der Waals surface area contributed by atoms with Crippen LogP contribution in [-0.2, 0) is 10.2 Å². The number of nitrogens with zero attached hydrogens (tertiary/aromatic N) is 1. The predicted octanol–water partition coefficient (Wildman–Crippen LogP) is 1.74. The van der Waals surface area contributed by atoms with E-state index in [4.69, 9.17) is 5.11 Å². The molecule has 1 saturated heterocycles. The summed E-state index contributed by atoms with van der Waals surface area (Å²) in [6.45, 7) is 7.48. The molecule has 0 bridgehead atoms. The van der Waals surface area contributed by atoms with Gasteiger partial charge in [-0.2, -0.15) is 17.4 Å². The summed E-state index contributed by atoms with van der Waals surface area (Å²) in [7, 11) is -3.36. The molecule has 1 aliphatic rings. The third-order valence-corrected chi connectivity index (χ3v) is 5.69. The van der Waals surface area contributed by atoms with Gasteiger partial charge in [0.05, 0.1) is 0 Å². The number of piperidine rings is 1. The molecule has 0 spiro atoms. The fraction of sp³-hybridized carbons (Fsp3) is 1.00. The molecule has 1 aliphatic heterocycles. The van der Waals surface area contributed by atoms with Crippen LogP contribution in [0.5, 0.6) is 0 Å². The Bertz CT molecular complexity index is 363. The molecule has 0 aromatic carbocycles. The van der Waals surface area contributed by atoms with E-state index in [0.29, 0.717) is 19.0 Å². The first-order chi connectivity index (χ1) is 9.35. The number of hydrogen-bond donors (Lipinski definition) is 2. The molecule has 20 heavy (non-hydrogen) atoms. The van der Waals surface area contributed by atoms with Gasteiger partial charge in [0, 0.05) is 25.7 Å². The highest BCUT2D eigenvalue weighted by Crippen LogP contribution is 2.19. The smallest absolute Gasteiger partial charge is 0.279 e.